The van der Waals surface area contributed by atoms with Crippen molar-refractivity contribution in [3.63, 3.8) is 0 Å². The van der Waals surface area contributed by atoms with Crippen molar-refractivity contribution < 1.29 is 18.7 Å². The number of aromatic nitrogens is 2. The summed E-state index contributed by atoms with van der Waals surface area (Å²) >= 11 is 0. The first kappa shape index (κ1) is 22.9. The van der Waals surface area contributed by atoms with E-state index in [9.17, 15) is 23.6 Å². The summed E-state index contributed by atoms with van der Waals surface area (Å²) in [6.07, 6.45) is 1.45. The number of nitrogens with zero attached hydrogens (tertiary/aromatic N) is 2. The van der Waals surface area contributed by atoms with Gasteiger partial charge in [0.05, 0.1) is 5.56 Å². The number of rotatable bonds is 8. The molecule has 0 saturated carbocycles. The highest BCUT2D eigenvalue weighted by atomic mass is 19.1. The predicted molar refractivity (Wildman–Crippen MR) is 110 cm³/mol. The van der Waals surface area contributed by atoms with Crippen LogP contribution in [0.1, 0.15) is 42.6 Å². The summed E-state index contributed by atoms with van der Waals surface area (Å²) < 4.78 is 19.8. The molecule has 2 aromatic rings. The van der Waals surface area contributed by atoms with Crippen LogP contribution in [0, 0.1) is 12.7 Å². The number of hydrogen-bond donors (Lipinski definition) is 2. The van der Waals surface area contributed by atoms with Gasteiger partial charge in [-0.25, -0.2) is 14.0 Å². The second-order valence-corrected chi connectivity index (χ2v) is 6.68. The molecule has 10 heteroatoms. The second kappa shape index (κ2) is 9.86. The van der Waals surface area contributed by atoms with Crippen molar-refractivity contribution in [3.05, 3.63) is 56.0 Å². The Morgan fingerprint density at radius 1 is 1.27 bits per heavy atom. The molecule has 3 N–H and O–H groups in total. The molecule has 30 heavy (non-hydrogen) atoms. The number of hydrogen-bond acceptors (Lipinski definition) is 6. The lowest BCUT2D eigenvalue weighted by Gasteiger charge is -2.23. The maximum absolute atomic E-state index is 13.6. The average molecular weight is 420 g/mol. The zero-order chi connectivity index (χ0) is 22.4. The van der Waals surface area contributed by atoms with Gasteiger partial charge in [-0.05, 0) is 38.0 Å². The van der Waals surface area contributed by atoms with Crippen molar-refractivity contribution in [1.29, 1.82) is 0 Å². The number of likely N-dealkylation sites (N-methyl/N-ethyl adjacent to an activating group) is 1. The molecular formula is C20H25FN4O5. The fourth-order valence-corrected chi connectivity index (χ4v) is 2.84. The van der Waals surface area contributed by atoms with Crippen molar-refractivity contribution >= 4 is 23.4 Å². The Kier molecular flexibility index (Phi) is 7.51. The summed E-state index contributed by atoms with van der Waals surface area (Å²) in [5.74, 6) is -2.30. The third-order valence-electron chi connectivity index (χ3n) is 4.57. The van der Waals surface area contributed by atoms with E-state index < -0.39 is 35.5 Å². The van der Waals surface area contributed by atoms with Crippen LogP contribution < -0.4 is 21.9 Å². The summed E-state index contributed by atoms with van der Waals surface area (Å²) in [6, 6.07) is 3.83. The van der Waals surface area contributed by atoms with Crippen LogP contribution in [0.5, 0.6) is 0 Å². The third kappa shape index (κ3) is 4.94. The van der Waals surface area contributed by atoms with Gasteiger partial charge < -0.3 is 15.4 Å². The highest BCUT2D eigenvalue weighted by Gasteiger charge is 2.24. The van der Waals surface area contributed by atoms with E-state index in [1.54, 1.807) is 13.8 Å². The van der Waals surface area contributed by atoms with E-state index in [2.05, 4.69) is 4.98 Å². The van der Waals surface area contributed by atoms with Crippen LogP contribution in [0.4, 0.5) is 15.9 Å². The number of nitrogens with two attached hydrogens (primary N) is 1. The molecule has 1 aromatic carbocycles. The molecule has 0 atom stereocenters. The number of aromatic amines is 1. The zero-order valence-electron chi connectivity index (χ0n) is 17.2. The van der Waals surface area contributed by atoms with Gasteiger partial charge in [-0.2, -0.15) is 0 Å². The minimum Gasteiger partial charge on any atom is -0.452 e. The van der Waals surface area contributed by atoms with E-state index in [1.807, 2.05) is 6.92 Å². The van der Waals surface area contributed by atoms with E-state index >= 15 is 0 Å². The van der Waals surface area contributed by atoms with Crippen molar-refractivity contribution in [2.45, 2.75) is 40.2 Å². The summed E-state index contributed by atoms with van der Waals surface area (Å²) in [5.41, 5.74) is 4.69. The van der Waals surface area contributed by atoms with Crippen LogP contribution in [-0.4, -0.2) is 34.6 Å². The normalized spacial score (nSPS) is 10.7. The molecule has 0 aliphatic rings. The molecule has 162 valence electrons. The van der Waals surface area contributed by atoms with Crippen LogP contribution in [0.25, 0.3) is 0 Å². The van der Waals surface area contributed by atoms with Crippen LogP contribution in [0.2, 0.25) is 0 Å². The second-order valence-electron chi connectivity index (χ2n) is 6.68. The minimum atomic E-state index is -0.881. The molecule has 2 rings (SSSR count). The summed E-state index contributed by atoms with van der Waals surface area (Å²) in [4.78, 5) is 52.3. The van der Waals surface area contributed by atoms with Gasteiger partial charge in [-0.1, -0.05) is 19.4 Å². The van der Waals surface area contributed by atoms with Gasteiger partial charge in [0.25, 0.3) is 11.5 Å². The van der Waals surface area contributed by atoms with Crippen LogP contribution in [0.3, 0.4) is 0 Å². The van der Waals surface area contributed by atoms with Crippen molar-refractivity contribution in [2.24, 2.45) is 0 Å². The molecule has 0 radical (unpaired) electrons. The van der Waals surface area contributed by atoms with Crippen LogP contribution in [0.15, 0.2) is 27.8 Å². The SMILES string of the molecule is CCCCn1c(N)c(N(CC)C(=O)COC(=O)c2ccc(C)c(F)c2)c(=O)[nH]c1=O. The highest BCUT2D eigenvalue weighted by molar-refractivity contribution is 5.98. The monoisotopic (exact) mass is 420 g/mol. The Hall–Kier alpha value is -3.43. The van der Waals surface area contributed by atoms with Gasteiger partial charge in [0.2, 0.25) is 0 Å². The van der Waals surface area contributed by atoms with E-state index in [1.165, 1.54) is 16.7 Å². The van der Waals surface area contributed by atoms with Gasteiger partial charge in [-0.3, -0.25) is 19.1 Å². The van der Waals surface area contributed by atoms with Gasteiger partial charge in [0, 0.05) is 13.1 Å². The number of nitrogen functional groups attached to an aromatic ring is 1. The third-order valence-corrected chi connectivity index (χ3v) is 4.57. The summed E-state index contributed by atoms with van der Waals surface area (Å²) in [6.45, 7) is 4.74. The number of esters is 1. The zero-order valence-corrected chi connectivity index (χ0v) is 17.2. The number of aryl methyl sites for hydroxylation is 1. The van der Waals surface area contributed by atoms with Gasteiger partial charge >= 0.3 is 11.7 Å². The Labute approximate surface area is 172 Å². The highest BCUT2D eigenvalue weighted by Crippen LogP contribution is 2.17. The number of anilines is 2. The number of nitrogens with one attached hydrogen (secondary N) is 1. The van der Waals surface area contributed by atoms with Crippen molar-refractivity contribution in [2.75, 3.05) is 23.8 Å². The number of unbranched alkanes of at least 4 members (excludes halogenated alkanes) is 1. The number of H-pyrrole nitrogens is 1. The van der Waals surface area contributed by atoms with Crippen molar-refractivity contribution in [1.82, 2.24) is 9.55 Å². The number of benzene rings is 1. The first-order valence-corrected chi connectivity index (χ1v) is 9.57. The van der Waals surface area contributed by atoms with Crippen LogP contribution >= 0.6 is 0 Å². The summed E-state index contributed by atoms with van der Waals surface area (Å²) in [5, 5.41) is 0. The summed E-state index contributed by atoms with van der Waals surface area (Å²) in [7, 11) is 0. The van der Waals surface area contributed by atoms with E-state index in [-0.39, 0.29) is 30.2 Å². The number of amides is 1. The topological polar surface area (TPSA) is 127 Å². The number of carbonyl (C=O) groups excluding carboxylic acids is 2. The maximum Gasteiger partial charge on any atom is 0.338 e. The molecule has 0 bridgehead atoms. The lowest BCUT2D eigenvalue weighted by atomic mass is 10.1. The first-order chi connectivity index (χ1) is 14.2. The molecule has 0 unspecified atom stereocenters. The van der Waals surface area contributed by atoms with E-state index in [0.29, 0.717) is 12.0 Å². The Morgan fingerprint density at radius 2 is 1.97 bits per heavy atom. The Bertz CT molecular complexity index is 1060. The fourth-order valence-electron chi connectivity index (χ4n) is 2.84. The Morgan fingerprint density at radius 3 is 2.57 bits per heavy atom. The number of carbonyl (C=O) groups is 2. The van der Waals surface area contributed by atoms with E-state index in [0.717, 1.165) is 17.4 Å². The maximum atomic E-state index is 13.6. The van der Waals surface area contributed by atoms with Gasteiger partial charge in [0.1, 0.15) is 11.6 Å². The van der Waals surface area contributed by atoms with Crippen molar-refractivity contribution in [3.8, 4) is 0 Å². The molecule has 1 aromatic heterocycles. The molecule has 0 aliphatic heterocycles. The first-order valence-electron chi connectivity index (χ1n) is 9.57. The molecule has 1 amide bonds. The van der Waals surface area contributed by atoms with Gasteiger partial charge in [-0.15, -0.1) is 0 Å². The number of halogens is 1. The lowest BCUT2D eigenvalue weighted by Crippen LogP contribution is -2.42. The standard InChI is InChI=1S/C20H25FN4O5/c1-4-6-9-25-17(22)16(18(27)23-20(25)29)24(5-2)15(26)11-30-19(28)13-8-7-12(3)14(21)10-13/h7-8,10H,4-6,9,11,22H2,1-3H3,(H,23,27,29). The molecule has 0 aliphatic carbocycles. The molecule has 0 saturated heterocycles. The molecule has 1 heterocycles. The molecule has 0 fully saturated rings. The largest absolute Gasteiger partial charge is 0.452 e. The molecule has 0 spiro atoms. The average Bonchev–Trinajstić information content (AvgIpc) is 2.70. The van der Waals surface area contributed by atoms with E-state index in [4.69, 9.17) is 10.5 Å². The quantitative estimate of drug-likeness (QED) is 0.624. The van der Waals surface area contributed by atoms with Crippen LogP contribution in [-0.2, 0) is 16.1 Å². The number of ether oxygens (including phenoxy) is 1. The Balaban J connectivity index is 2.24. The lowest BCUT2D eigenvalue weighted by molar-refractivity contribution is -0.121. The predicted octanol–water partition coefficient (Wildman–Crippen LogP) is 1.58. The fraction of sp³-hybridized carbons (Fsp3) is 0.400. The van der Waals surface area contributed by atoms with Gasteiger partial charge in [0.15, 0.2) is 12.3 Å². The smallest absolute Gasteiger partial charge is 0.338 e. The molecular weight excluding hydrogens is 395 g/mol. The minimum absolute atomic E-state index is 0.0422. The molecule has 9 nitrogen and oxygen atoms in total.